The van der Waals surface area contributed by atoms with Gasteiger partial charge in [-0.1, -0.05) is 6.42 Å². The first kappa shape index (κ1) is 11.9. The summed E-state index contributed by atoms with van der Waals surface area (Å²) >= 11 is 0. The highest BCUT2D eigenvalue weighted by Crippen LogP contribution is 2.30. The summed E-state index contributed by atoms with van der Waals surface area (Å²) in [6.45, 7) is 3.07. The molecule has 0 aromatic heterocycles. The lowest BCUT2D eigenvalue weighted by molar-refractivity contribution is -0.134. The molecule has 0 aromatic rings. The van der Waals surface area contributed by atoms with Gasteiger partial charge >= 0.3 is 0 Å². The van der Waals surface area contributed by atoms with E-state index in [1.165, 1.54) is 32.1 Å². The molecule has 2 rings (SSSR count). The van der Waals surface area contributed by atoms with Crippen molar-refractivity contribution in [1.82, 2.24) is 10.2 Å². The number of rotatable bonds is 4. The Balaban J connectivity index is 1.68. The number of amides is 1. The third-order valence-electron chi connectivity index (χ3n) is 4.15. The molecule has 0 unspecified atom stereocenters. The second kappa shape index (κ2) is 5.67. The molecule has 2 fully saturated rings. The molecule has 0 aromatic carbocycles. The Hall–Kier alpha value is -0.570. The number of nitrogens with zero attached hydrogens (tertiary/aromatic N) is 1. The first-order chi connectivity index (χ1) is 7.79. The fraction of sp³-hybridized carbons (Fsp3) is 0.923. The zero-order valence-corrected chi connectivity index (χ0v) is 10.4. The third-order valence-corrected chi connectivity index (χ3v) is 4.15. The zero-order valence-electron chi connectivity index (χ0n) is 10.4. The van der Waals surface area contributed by atoms with Gasteiger partial charge in [-0.2, -0.15) is 0 Å². The normalized spacial score (nSPS) is 23.2. The minimum atomic E-state index is 0.410. The molecule has 1 saturated carbocycles. The molecule has 1 aliphatic heterocycles. The van der Waals surface area contributed by atoms with Crippen LogP contribution >= 0.6 is 0 Å². The average Bonchev–Trinajstić information content (AvgIpc) is 2.25. The molecule has 3 heteroatoms. The average molecular weight is 224 g/mol. The fourth-order valence-corrected chi connectivity index (χ4v) is 2.75. The minimum Gasteiger partial charge on any atom is -0.343 e. The van der Waals surface area contributed by atoms with E-state index in [2.05, 4.69) is 10.2 Å². The van der Waals surface area contributed by atoms with Crippen LogP contribution in [0.3, 0.4) is 0 Å². The molecule has 1 saturated heterocycles. The summed E-state index contributed by atoms with van der Waals surface area (Å²) < 4.78 is 0. The quantitative estimate of drug-likeness (QED) is 0.787. The Morgan fingerprint density at radius 2 is 1.88 bits per heavy atom. The van der Waals surface area contributed by atoms with Gasteiger partial charge in [0.1, 0.15) is 0 Å². The van der Waals surface area contributed by atoms with Crippen molar-refractivity contribution < 1.29 is 4.79 Å². The van der Waals surface area contributed by atoms with Crippen molar-refractivity contribution in [2.24, 2.45) is 11.8 Å². The maximum absolute atomic E-state index is 12.0. The summed E-state index contributed by atoms with van der Waals surface area (Å²) in [5.41, 5.74) is 0. The van der Waals surface area contributed by atoms with Gasteiger partial charge in [-0.15, -0.1) is 0 Å². The molecule has 92 valence electrons. The molecule has 16 heavy (non-hydrogen) atoms. The monoisotopic (exact) mass is 224 g/mol. The highest BCUT2D eigenvalue weighted by atomic mass is 16.2. The van der Waals surface area contributed by atoms with Gasteiger partial charge in [-0.05, 0) is 51.1 Å². The number of nitrogens with one attached hydrogen (secondary N) is 1. The molecule has 1 heterocycles. The lowest BCUT2D eigenvalue weighted by atomic mass is 9.82. The Labute approximate surface area is 98.6 Å². The third kappa shape index (κ3) is 2.97. The summed E-state index contributed by atoms with van der Waals surface area (Å²) in [5.74, 6) is 1.90. The number of carbonyl (C=O) groups excluding carboxylic acids is 1. The maximum atomic E-state index is 12.0. The van der Waals surface area contributed by atoms with Crippen LogP contribution < -0.4 is 5.32 Å². The SMILES string of the molecule is CNCC1CCN(C(=O)CC2CCC2)CC1. The number of hydrogen-bond acceptors (Lipinski definition) is 2. The van der Waals surface area contributed by atoms with Gasteiger partial charge in [0, 0.05) is 19.5 Å². The second-order valence-corrected chi connectivity index (χ2v) is 5.38. The molecule has 1 N–H and O–H groups in total. The summed E-state index contributed by atoms with van der Waals surface area (Å²) in [7, 11) is 2.01. The second-order valence-electron chi connectivity index (χ2n) is 5.38. The Bertz CT molecular complexity index is 230. The first-order valence-corrected chi connectivity index (χ1v) is 6.72. The van der Waals surface area contributed by atoms with Crippen LogP contribution in [-0.4, -0.2) is 37.5 Å². The van der Waals surface area contributed by atoms with Crippen molar-refractivity contribution in [2.45, 2.75) is 38.5 Å². The minimum absolute atomic E-state index is 0.410. The van der Waals surface area contributed by atoms with Gasteiger partial charge < -0.3 is 10.2 Å². The van der Waals surface area contributed by atoms with Crippen LogP contribution in [0.2, 0.25) is 0 Å². The van der Waals surface area contributed by atoms with Crippen LogP contribution in [0.4, 0.5) is 0 Å². The number of hydrogen-bond donors (Lipinski definition) is 1. The van der Waals surface area contributed by atoms with Gasteiger partial charge in [0.15, 0.2) is 0 Å². The first-order valence-electron chi connectivity index (χ1n) is 6.72. The van der Waals surface area contributed by atoms with E-state index in [0.717, 1.165) is 32.0 Å². The number of carbonyl (C=O) groups is 1. The Morgan fingerprint density at radius 3 is 2.38 bits per heavy atom. The largest absolute Gasteiger partial charge is 0.343 e. The van der Waals surface area contributed by atoms with Crippen molar-refractivity contribution in [2.75, 3.05) is 26.7 Å². The van der Waals surface area contributed by atoms with E-state index in [-0.39, 0.29) is 0 Å². The highest BCUT2D eigenvalue weighted by molar-refractivity contribution is 5.76. The van der Waals surface area contributed by atoms with Gasteiger partial charge in [-0.25, -0.2) is 0 Å². The van der Waals surface area contributed by atoms with Crippen LogP contribution in [0.1, 0.15) is 38.5 Å². The maximum Gasteiger partial charge on any atom is 0.222 e. The summed E-state index contributed by atoms with van der Waals surface area (Å²) in [5, 5.41) is 3.23. The zero-order chi connectivity index (χ0) is 11.4. The van der Waals surface area contributed by atoms with Gasteiger partial charge in [0.25, 0.3) is 0 Å². The predicted octanol–water partition coefficient (Wildman–Crippen LogP) is 1.63. The number of piperidine rings is 1. The standard InChI is InChI=1S/C13H24N2O/c1-14-10-12-5-7-15(8-6-12)13(16)9-11-3-2-4-11/h11-12,14H,2-10H2,1H3. The van der Waals surface area contributed by atoms with Gasteiger partial charge in [0.05, 0.1) is 0 Å². The van der Waals surface area contributed by atoms with E-state index >= 15 is 0 Å². The van der Waals surface area contributed by atoms with Crippen LogP contribution in [-0.2, 0) is 4.79 Å². The fourth-order valence-electron chi connectivity index (χ4n) is 2.75. The Kier molecular flexibility index (Phi) is 4.22. The van der Waals surface area contributed by atoms with Crippen molar-refractivity contribution >= 4 is 5.91 Å². The van der Waals surface area contributed by atoms with E-state index in [4.69, 9.17) is 0 Å². The molecule has 0 radical (unpaired) electrons. The summed E-state index contributed by atoms with van der Waals surface area (Å²) in [6, 6.07) is 0. The van der Waals surface area contributed by atoms with E-state index in [9.17, 15) is 4.79 Å². The van der Waals surface area contributed by atoms with E-state index in [1.807, 2.05) is 7.05 Å². The van der Waals surface area contributed by atoms with E-state index in [0.29, 0.717) is 11.8 Å². The van der Waals surface area contributed by atoms with Gasteiger partial charge in [-0.3, -0.25) is 4.79 Å². The van der Waals surface area contributed by atoms with Crippen molar-refractivity contribution in [3.05, 3.63) is 0 Å². The summed E-state index contributed by atoms with van der Waals surface area (Å²) in [6.07, 6.45) is 7.07. The molecular formula is C13H24N2O. The Morgan fingerprint density at radius 1 is 1.19 bits per heavy atom. The molecule has 0 atom stereocenters. The van der Waals surface area contributed by atoms with E-state index < -0.39 is 0 Å². The molecule has 0 spiro atoms. The lowest BCUT2D eigenvalue weighted by Gasteiger charge is -2.34. The molecule has 0 bridgehead atoms. The molecule has 2 aliphatic rings. The van der Waals surface area contributed by atoms with Crippen molar-refractivity contribution in [3.8, 4) is 0 Å². The topological polar surface area (TPSA) is 32.3 Å². The van der Waals surface area contributed by atoms with Crippen LogP contribution in [0.25, 0.3) is 0 Å². The van der Waals surface area contributed by atoms with E-state index in [1.54, 1.807) is 0 Å². The molecular weight excluding hydrogens is 200 g/mol. The van der Waals surface area contributed by atoms with Crippen LogP contribution in [0.15, 0.2) is 0 Å². The molecule has 1 amide bonds. The number of likely N-dealkylation sites (tertiary alicyclic amines) is 1. The molecule has 1 aliphatic carbocycles. The van der Waals surface area contributed by atoms with Crippen molar-refractivity contribution in [3.63, 3.8) is 0 Å². The smallest absolute Gasteiger partial charge is 0.222 e. The molecule has 3 nitrogen and oxygen atoms in total. The summed E-state index contributed by atoms with van der Waals surface area (Å²) in [4.78, 5) is 14.1. The van der Waals surface area contributed by atoms with Crippen LogP contribution in [0.5, 0.6) is 0 Å². The lowest BCUT2D eigenvalue weighted by Crippen LogP contribution is -2.41. The van der Waals surface area contributed by atoms with Crippen molar-refractivity contribution in [1.29, 1.82) is 0 Å². The van der Waals surface area contributed by atoms with Gasteiger partial charge in [0.2, 0.25) is 5.91 Å². The highest BCUT2D eigenvalue weighted by Gasteiger charge is 2.26. The predicted molar refractivity (Wildman–Crippen MR) is 65.2 cm³/mol. The van der Waals surface area contributed by atoms with Crippen LogP contribution in [0, 0.1) is 11.8 Å².